The number of hydrogen-bond donors (Lipinski definition) is 1. The van der Waals surface area contributed by atoms with Crippen molar-refractivity contribution in [3.05, 3.63) is 18.2 Å². The van der Waals surface area contributed by atoms with Crippen LogP contribution < -0.4 is 14.8 Å². The molecule has 2 amide bonds. The van der Waals surface area contributed by atoms with E-state index in [9.17, 15) is 4.79 Å². The van der Waals surface area contributed by atoms with E-state index < -0.39 is 0 Å². The second-order valence-corrected chi connectivity index (χ2v) is 4.55. The van der Waals surface area contributed by atoms with E-state index in [4.69, 9.17) is 9.47 Å². The predicted octanol–water partition coefficient (Wildman–Crippen LogP) is 2.72. The van der Waals surface area contributed by atoms with Crippen LogP contribution in [0.4, 0.5) is 10.5 Å². The third kappa shape index (κ3) is 3.30. The van der Waals surface area contributed by atoms with Gasteiger partial charge < -0.3 is 19.7 Å². The fourth-order valence-corrected chi connectivity index (χ4v) is 2.21. The number of urea groups is 1. The van der Waals surface area contributed by atoms with Gasteiger partial charge in [0.2, 0.25) is 0 Å². The molecule has 1 aromatic rings. The Hall–Kier alpha value is -1.91. The van der Waals surface area contributed by atoms with Gasteiger partial charge in [0, 0.05) is 24.8 Å². The van der Waals surface area contributed by atoms with Crippen LogP contribution in [0.15, 0.2) is 18.2 Å². The number of piperidine rings is 1. The van der Waals surface area contributed by atoms with E-state index in [1.54, 1.807) is 26.4 Å². The lowest BCUT2D eigenvalue weighted by molar-refractivity contribution is 0.200. The van der Waals surface area contributed by atoms with Gasteiger partial charge in [-0.25, -0.2) is 4.79 Å². The highest BCUT2D eigenvalue weighted by Crippen LogP contribution is 2.29. The minimum atomic E-state index is -0.0491. The van der Waals surface area contributed by atoms with Crippen molar-refractivity contribution in [2.24, 2.45) is 0 Å². The number of ether oxygens (including phenoxy) is 2. The molecule has 104 valence electrons. The molecule has 0 atom stereocenters. The summed E-state index contributed by atoms with van der Waals surface area (Å²) in [6.07, 6.45) is 3.37. The van der Waals surface area contributed by atoms with Gasteiger partial charge in [-0.15, -0.1) is 0 Å². The molecule has 0 aliphatic carbocycles. The predicted molar refractivity (Wildman–Crippen MR) is 74.0 cm³/mol. The van der Waals surface area contributed by atoms with E-state index in [2.05, 4.69) is 5.32 Å². The van der Waals surface area contributed by atoms with Crippen LogP contribution in [0, 0.1) is 0 Å². The Kier molecular flexibility index (Phi) is 4.49. The van der Waals surface area contributed by atoms with Crippen LogP contribution >= 0.6 is 0 Å². The number of carbonyl (C=O) groups is 1. The molecule has 19 heavy (non-hydrogen) atoms. The second kappa shape index (κ2) is 6.31. The lowest BCUT2D eigenvalue weighted by Crippen LogP contribution is -2.38. The second-order valence-electron chi connectivity index (χ2n) is 4.55. The summed E-state index contributed by atoms with van der Waals surface area (Å²) < 4.78 is 10.4. The highest BCUT2D eigenvalue weighted by atomic mass is 16.5. The first-order valence-electron chi connectivity index (χ1n) is 6.52. The summed E-state index contributed by atoms with van der Waals surface area (Å²) in [5.74, 6) is 1.26. The number of nitrogens with zero attached hydrogens (tertiary/aromatic N) is 1. The molecule has 0 saturated carbocycles. The van der Waals surface area contributed by atoms with Gasteiger partial charge in [0.05, 0.1) is 14.2 Å². The van der Waals surface area contributed by atoms with E-state index in [0.29, 0.717) is 17.2 Å². The number of benzene rings is 1. The average molecular weight is 264 g/mol. The van der Waals surface area contributed by atoms with Crippen molar-refractivity contribution in [3.8, 4) is 11.5 Å². The Morgan fingerprint density at radius 3 is 2.42 bits per heavy atom. The fourth-order valence-electron chi connectivity index (χ4n) is 2.21. The quantitative estimate of drug-likeness (QED) is 0.913. The maximum atomic E-state index is 12.1. The van der Waals surface area contributed by atoms with Crippen molar-refractivity contribution in [3.63, 3.8) is 0 Å². The van der Waals surface area contributed by atoms with Gasteiger partial charge in [0.1, 0.15) is 0 Å². The highest BCUT2D eigenvalue weighted by Gasteiger charge is 2.16. The van der Waals surface area contributed by atoms with Crippen LogP contribution in [0.3, 0.4) is 0 Å². The summed E-state index contributed by atoms with van der Waals surface area (Å²) in [7, 11) is 3.16. The van der Waals surface area contributed by atoms with Gasteiger partial charge in [-0.1, -0.05) is 0 Å². The van der Waals surface area contributed by atoms with E-state index in [1.165, 1.54) is 6.42 Å². The highest BCUT2D eigenvalue weighted by molar-refractivity contribution is 5.89. The minimum absolute atomic E-state index is 0.0491. The Morgan fingerprint density at radius 1 is 1.11 bits per heavy atom. The fraction of sp³-hybridized carbons (Fsp3) is 0.500. The Balaban J connectivity index is 2.03. The maximum Gasteiger partial charge on any atom is 0.321 e. The van der Waals surface area contributed by atoms with Gasteiger partial charge in [-0.2, -0.15) is 0 Å². The molecule has 0 radical (unpaired) electrons. The molecule has 1 fully saturated rings. The van der Waals surface area contributed by atoms with E-state index in [-0.39, 0.29) is 6.03 Å². The minimum Gasteiger partial charge on any atom is -0.493 e. The molecular weight excluding hydrogens is 244 g/mol. The monoisotopic (exact) mass is 264 g/mol. The zero-order valence-corrected chi connectivity index (χ0v) is 11.4. The summed E-state index contributed by atoms with van der Waals surface area (Å²) in [6.45, 7) is 1.66. The smallest absolute Gasteiger partial charge is 0.321 e. The van der Waals surface area contributed by atoms with Crippen molar-refractivity contribution in [2.75, 3.05) is 32.6 Å². The SMILES string of the molecule is COc1ccc(NC(=O)N2CCCCC2)cc1OC. The number of nitrogens with one attached hydrogen (secondary N) is 1. The van der Waals surface area contributed by atoms with Crippen LogP contribution in [0.25, 0.3) is 0 Å². The Bertz CT molecular complexity index is 442. The molecule has 0 bridgehead atoms. The standard InChI is InChI=1S/C14H20N2O3/c1-18-12-7-6-11(10-13(12)19-2)15-14(17)16-8-4-3-5-9-16/h6-7,10H,3-5,8-9H2,1-2H3,(H,15,17). The molecule has 1 saturated heterocycles. The molecule has 1 aliphatic heterocycles. The van der Waals surface area contributed by atoms with Crippen LogP contribution in [-0.2, 0) is 0 Å². The van der Waals surface area contributed by atoms with E-state index in [0.717, 1.165) is 25.9 Å². The molecule has 1 heterocycles. The van der Waals surface area contributed by atoms with Gasteiger partial charge in [-0.05, 0) is 31.4 Å². The first kappa shape index (κ1) is 13.5. The van der Waals surface area contributed by atoms with Crippen molar-refractivity contribution in [2.45, 2.75) is 19.3 Å². The van der Waals surface area contributed by atoms with Crippen LogP contribution in [-0.4, -0.2) is 38.2 Å². The van der Waals surface area contributed by atoms with E-state index >= 15 is 0 Å². The normalized spacial score (nSPS) is 14.9. The number of hydrogen-bond acceptors (Lipinski definition) is 3. The molecular formula is C14H20N2O3. The maximum absolute atomic E-state index is 12.1. The molecule has 0 aromatic heterocycles. The molecule has 1 aromatic carbocycles. The zero-order chi connectivity index (χ0) is 13.7. The summed E-state index contributed by atoms with van der Waals surface area (Å²) in [5, 5.41) is 2.89. The number of methoxy groups -OCH3 is 2. The summed E-state index contributed by atoms with van der Waals surface area (Å²) in [5.41, 5.74) is 0.716. The third-order valence-corrected chi connectivity index (χ3v) is 3.28. The molecule has 1 N–H and O–H groups in total. The van der Waals surface area contributed by atoms with Crippen LogP contribution in [0.2, 0.25) is 0 Å². The molecule has 5 heteroatoms. The van der Waals surface area contributed by atoms with Crippen LogP contribution in [0.5, 0.6) is 11.5 Å². The van der Waals surface area contributed by atoms with Gasteiger partial charge in [-0.3, -0.25) is 0 Å². The van der Waals surface area contributed by atoms with Gasteiger partial charge in [0.15, 0.2) is 11.5 Å². The number of likely N-dealkylation sites (tertiary alicyclic amines) is 1. The lowest BCUT2D eigenvalue weighted by Gasteiger charge is -2.26. The number of amides is 2. The topological polar surface area (TPSA) is 50.8 Å². The largest absolute Gasteiger partial charge is 0.493 e. The summed E-state index contributed by atoms with van der Waals surface area (Å²) in [4.78, 5) is 13.9. The molecule has 0 spiro atoms. The van der Waals surface area contributed by atoms with Crippen molar-refractivity contribution in [1.82, 2.24) is 4.90 Å². The van der Waals surface area contributed by atoms with Crippen molar-refractivity contribution in [1.29, 1.82) is 0 Å². The van der Waals surface area contributed by atoms with E-state index in [1.807, 2.05) is 11.0 Å². The van der Waals surface area contributed by atoms with Crippen LogP contribution in [0.1, 0.15) is 19.3 Å². The number of rotatable bonds is 3. The summed E-state index contributed by atoms with van der Waals surface area (Å²) >= 11 is 0. The Labute approximate surface area is 113 Å². The first-order chi connectivity index (χ1) is 9.24. The molecule has 0 unspecified atom stereocenters. The van der Waals surface area contributed by atoms with Crippen molar-refractivity contribution >= 4 is 11.7 Å². The first-order valence-corrected chi connectivity index (χ1v) is 6.52. The third-order valence-electron chi connectivity index (χ3n) is 3.28. The molecule has 1 aliphatic rings. The van der Waals surface area contributed by atoms with Gasteiger partial charge in [0.25, 0.3) is 0 Å². The number of carbonyl (C=O) groups excluding carboxylic acids is 1. The van der Waals surface area contributed by atoms with Crippen molar-refractivity contribution < 1.29 is 14.3 Å². The zero-order valence-electron chi connectivity index (χ0n) is 11.4. The molecule has 2 rings (SSSR count). The summed E-state index contributed by atoms with van der Waals surface area (Å²) in [6, 6.07) is 5.31. The van der Waals surface area contributed by atoms with Gasteiger partial charge >= 0.3 is 6.03 Å². The lowest BCUT2D eigenvalue weighted by atomic mass is 10.1. The Morgan fingerprint density at radius 2 is 1.79 bits per heavy atom. The molecule has 5 nitrogen and oxygen atoms in total. The number of anilines is 1. The average Bonchev–Trinajstić information content (AvgIpc) is 2.48.